The van der Waals surface area contributed by atoms with Crippen molar-refractivity contribution in [3.8, 4) is 5.69 Å². The summed E-state index contributed by atoms with van der Waals surface area (Å²) in [7, 11) is 0. The lowest BCUT2D eigenvalue weighted by molar-refractivity contribution is 0.357. The number of hydrogen-bond donors (Lipinski definition) is 1. The van der Waals surface area contributed by atoms with Gasteiger partial charge in [-0.15, -0.1) is 0 Å². The Morgan fingerprint density at radius 1 is 0.905 bits per heavy atom. The van der Waals surface area contributed by atoms with Crippen molar-refractivity contribution in [1.82, 2.24) is 14.9 Å². The van der Waals surface area contributed by atoms with Crippen LogP contribution in [0.5, 0.6) is 0 Å². The number of pyridine rings is 1. The number of halogens is 2. The van der Waals surface area contributed by atoms with Crippen molar-refractivity contribution < 1.29 is 0 Å². The van der Waals surface area contributed by atoms with E-state index in [1.165, 1.54) is 12.0 Å². The number of benzene rings is 2. The number of piperidine rings is 1. The van der Waals surface area contributed by atoms with Crippen LogP contribution in [0.2, 0.25) is 10.0 Å². The summed E-state index contributed by atoms with van der Waals surface area (Å²) >= 11 is 19.5. The number of hydrogen-bond acceptors (Lipinski definition) is 3. The first-order valence-electron chi connectivity index (χ1n) is 14.6. The fourth-order valence-electron chi connectivity index (χ4n) is 6.99. The average molecular weight is 619 g/mol. The highest BCUT2D eigenvalue weighted by atomic mass is 35.5. The molecular formula is C34H37Cl2N5S. The Bertz CT molecular complexity index is 1620. The summed E-state index contributed by atoms with van der Waals surface area (Å²) < 4.78 is 2.29. The van der Waals surface area contributed by atoms with Crippen molar-refractivity contribution in [2.45, 2.75) is 53.1 Å². The minimum Gasteiger partial charge on any atom is -0.370 e. The topological polar surface area (TPSA) is 36.3 Å². The molecule has 8 heteroatoms. The van der Waals surface area contributed by atoms with E-state index in [-0.39, 0.29) is 12.1 Å². The average Bonchev–Trinajstić information content (AvgIpc) is 3.44. The number of aryl methyl sites for hydroxylation is 2. The lowest BCUT2D eigenvalue weighted by atomic mass is 9.91. The van der Waals surface area contributed by atoms with Gasteiger partial charge in [0.15, 0.2) is 5.11 Å². The van der Waals surface area contributed by atoms with Crippen LogP contribution in [-0.2, 0) is 0 Å². The van der Waals surface area contributed by atoms with Crippen LogP contribution in [0.25, 0.3) is 5.69 Å². The van der Waals surface area contributed by atoms with Crippen LogP contribution >= 0.6 is 35.4 Å². The number of aromatic nitrogens is 2. The summed E-state index contributed by atoms with van der Waals surface area (Å²) in [5.74, 6) is 1.28. The van der Waals surface area contributed by atoms with E-state index in [1.54, 1.807) is 0 Å². The van der Waals surface area contributed by atoms with E-state index in [2.05, 4.69) is 90.7 Å². The Hall–Kier alpha value is -3.06. The second-order valence-electron chi connectivity index (χ2n) is 12.1. The van der Waals surface area contributed by atoms with Gasteiger partial charge in [-0.2, -0.15) is 0 Å². The van der Waals surface area contributed by atoms with Crippen molar-refractivity contribution in [2.24, 2.45) is 11.8 Å². The number of nitrogens with one attached hydrogen (secondary N) is 1. The quantitative estimate of drug-likeness (QED) is 0.226. The summed E-state index contributed by atoms with van der Waals surface area (Å²) in [5.41, 5.74) is 8.68. The van der Waals surface area contributed by atoms with E-state index in [1.807, 2.05) is 30.5 Å². The van der Waals surface area contributed by atoms with Crippen molar-refractivity contribution in [1.29, 1.82) is 0 Å². The van der Waals surface area contributed by atoms with Gasteiger partial charge < -0.3 is 19.7 Å². The number of thiocarbonyl (C=S) groups is 1. The highest BCUT2D eigenvalue weighted by molar-refractivity contribution is 7.80. The van der Waals surface area contributed by atoms with Crippen LogP contribution < -0.4 is 15.1 Å². The van der Waals surface area contributed by atoms with Crippen molar-refractivity contribution in [3.63, 3.8) is 0 Å². The van der Waals surface area contributed by atoms with Crippen molar-refractivity contribution in [2.75, 3.05) is 22.9 Å². The maximum atomic E-state index is 7.04. The molecule has 0 aliphatic carbocycles. The zero-order valence-corrected chi connectivity index (χ0v) is 27.1. The lowest BCUT2D eigenvalue weighted by Gasteiger charge is -2.37. The molecule has 2 fully saturated rings. The molecule has 0 radical (unpaired) electrons. The molecule has 218 valence electrons. The Labute approximate surface area is 264 Å². The van der Waals surface area contributed by atoms with Crippen LogP contribution in [0.1, 0.15) is 60.6 Å². The van der Waals surface area contributed by atoms with E-state index in [0.717, 1.165) is 57.8 Å². The van der Waals surface area contributed by atoms with Gasteiger partial charge in [0.25, 0.3) is 0 Å². The Morgan fingerprint density at radius 2 is 1.67 bits per heavy atom. The molecule has 1 N–H and O–H groups in total. The molecule has 0 bridgehead atoms. The second kappa shape index (κ2) is 11.6. The SMILES string of the molecule is Cc1ccc(Cl)cc1-n1c(C)cc([C@H]2[C@H](c3ccccn3)NC(=S)N2c2ccc(N3C[C@H](C)C[C@H](C)C3)c(Cl)c2)c1C. The van der Waals surface area contributed by atoms with Gasteiger partial charge in [0.1, 0.15) is 0 Å². The maximum absolute atomic E-state index is 7.04. The normalized spacial score (nSPS) is 22.5. The van der Waals surface area contributed by atoms with Crippen LogP contribution in [0.15, 0.2) is 66.9 Å². The molecule has 6 rings (SSSR count). The summed E-state index contributed by atoms with van der Waals surface area (Å²) in [4.78, 5) is 9.39. The summed E-state index contributed by atoms with van der Waals surface area (Å²) in [5, 5.41) is 5.72. The van der Waals surface area contributed by atoms with Gasteiger partial charge in [-0.05, 0) is 111 Å². The van der Waals surface area contributed by atoms with Gasteiger partial charge >= 0.3 is 0 Å². The third kappa shape index (κ3) is 5.29. The molecular weight excluding hydrogens is 581 g/mol. The summed E-state index contributed by atoms with van der Waals surface area (Å²) in [6.07, 6.45) is 3.09. The number of rotatable bonds is 5. The number of anilines is 2. The van der Waals surface area contributed by atoms with Crippen molar-refractivity contribution >= 4 is 51.9 Å². The largest absolute Gasteiger partial charge is 0.370 e. The van der Waals surface area contributed by atoms with Gasteiger partial charge in [-0.3, -0.25) is 4.98 Å². The molecule has 0 amide bonds. The minimum absolute atomic E-state index is 0.135. The highest BCUT2D eigenvalue weighted by Gasteiger charge is 2.42. The van der Waals surface area contributed by atoms with E-state index in [0.29, 0.717) is 22.0 Å². The van der Waals surface area contributed by atoms with Gasteiger partial charge in [0.2, 0.25) is 0 Å². The molecule has 2 aromatic carbocycles. The van der Waals surface area contributed by atoms with Gasteiger partial charge in [-0.1, -0.05) is 49.2 Å². The van der Waals surface area contributed by atoms with Crippen LogP contribution in [0.4, 0.5) is 11.4 Å². The van der Waals surface area contributed by atoms with E-state index < -0.39 is 0 Å². The fourth-order valence-corrected chi connectivity index (χ4v) is 7.80. The predicted molar refractivity (Wildman–Crippen MR) is 180 cm³/mol. The Morgan fingerprint density at radius 3 is 2.36 bits per heavy atom. The first-order chi connectivity index (χ1) is 20.1. The Balaban J connectivity index is 1.45. The van der Waals surface area contributed by atoms with Crippen LogP contribution in [-0.4, -0.2) is 27.8 Å². The first-order valence-corrected chi connectivity index (χ1v) is 15.8. The van der Waals surface area contributed by atoms with E-state index in [9.17, 15) is 0 Å². The van der Waals surface area contributed by atoms with Crippen LogP contribution in [0, 0.1) is 32.6 Å². The molecule has 0 unspecified atom stereocenters. The molecule has 2 aromatic heterocycles. The predicted octanol–water partition coefficient (Wildman–Crippen LogP) is 8.76. The monoisotopic (exact) mass is 617 g/mol. The molecule has 2 aliphatic rings. The molecule has 4 atom stereocenters. The Kier molecular flexibility index (Phi) is 7.99. The van der Waals surface area contributed by atoms with E-state index in [4.69, 9.17) is 40.4 Å². The van der Waals surface area contributed by atoms with Gasteiger partial charge in [0, 0.05) is 47.1 Å². The molecule has 5 nitrogen and oxygen atoms in total. The van der Waals surface area contributed by atoms with Crippen molar-refractivity contribution in [3.05, 3.63) is 105 Å². The molecule has 0 saturated carbocycles. The third-order valence-corrected chi connectivity index (χ3v) is 9.57. The smallest absolute Gasteiger partial charge is 0.174 e. The van der Waals surface area contributed by atoms with Gasteiger partial charge in [-0.25, -0.2) is 0 Å². The molecule has 2 aliphatic heterocycles. The zero-order valence-electron chi connectivity index (χ0n) is 24.7. The lowest BCUT2D eigenvalue weighted by Crippen LogP contribution is -2.38. The summed E-state index contributed by atoms with van der Waals surface area (Å²) in [6.45, 7) is 13.1. The maximum Gasteiger partial charge on any atom is 0.174 e. The highest BCUT2D eigenvalue weighted by Crippen LogP contribution is 2.45. The molecule has 4 aromatic rings. The van der Waals surface area contributed by atoms with E-state index >= 15 is 0 Å². The molecule has 0 spiro atoms. The molecule has 42 heavy (non-hydrogen) atoms. The van der Waals surface area contributed by atoms with Crippen LogP contribution in [0.3, 0.4) is 0 Å². The zero-order chi connectivity index (χ0) is 29.7. The molecule has 2 saturated heterocycles. The first kappa shape index (κ1) is 29.0. The van der Waals surface area contributed by atoms with Gasteiger partial charge in [0.05, 0.1) is 28.5 Å². The summed E-state index contributed by atoms with van der Waals surface area (Å²) in [6, 6.07) is 20.5. The minimum atomic E-state index is -0.143. The third-order valence-electron chi connectivity index (χ3n) is 8.72. The standard InChI is InChI=1S/C34H37Cl2N5S/c1-20-14-21(2)19-39(18-20)30-12-11-26(17-28(30)36)41-33(32(38-34(41)42)29-8-6-7-13-37-29)27-15-23(4)40(24(27)5)31-16-25(35)10-9-22(31)3/h6-13,15-17,20-21,32-33H,14,18-19H2,1-5H3,(H,38,42)/t20-,21+,32-,33-/m0/s1. The second-order valence-corrected chi connectivity index (χ2v) is 13.3. The number of nitrogens with zero attached hydrogens (tertiary/aromatic N) is 4. The fraction of sp³-hybridized carbons (Fsp3) is 0.353. The molecule has 4 heterocycles.